The Morgan fingerprint density at radius 2 is 1.76 bits per heavy atom. The second-order valence-corrected chi connectivity index (χ2v) is 8.77. The van der Waals surface area contributed by atoms with E-state index < -0.39 is 5.54 Å². The van der Waals surface area contributed by atoms with Crippen LogP contribution in [0.4, 0.5) is 5.69 Å². The highest BCUT2D eigenvalue weighted by molar-refractivity contribution is 6.10. The number of Topliss-reactive ketones (excluding diaryl/α,β-unsaturated/α-hetero) is 1. The molecule has 0 aromatic heterocycles. The van der Waals surface area contributed by atoms with E-state index >= 15 is 0 Å². The summed E-state index contributed by atoms with van der Waals surface area (Å²) in [6, 6.07) is 8.20. The average Bonchev–Trinajstić information content (AvgIpc) is 3.54. The van der Waals surface area contributed by atoms with Gasteiger partial charge in [-0.3, -0.25) is 14.5 Å². The first-order chi connectivity index (χ1) is 14.2. The molecule has 3 aliphatic heterocycles. The van der Waals surface area contributed by atoms with Crippen LogP contribution in [0.2, 0.25) is 0 Å². The van der Waals surface area contributed by atoms with Crippen molar-refractivity contribution in [3.05, 3.63) is 78.4 Å². The van der Waals surface area contributed by atoms with Crippen LogP contribution in [0.25, 0.3) is 0 Å². The highest BCUT2D eigenvalue weighted by Crippen LogP contribution is 2.60. The molecule has 0 radical (unpaired) electrons. The molecule has 1 N–H and O–H groups in total. The number of carbonyl (C=O) groups is 2. The van der Waals surface area contributed by atoms with Gasteiger partial charge in [0.2, 0.25) is 5.91 Å². The second kappa shape index (κ2) is 6.14. The van der Waals surface area contributed by atoms with Gasteiger partial charge >= 0.3 is 0 Å². The number of nitrogens with zero attached hydrogens (tertiary/aromatic N) is 1. The summed E-state index contributed by atoms with van der Waals surface area (Å²) >= 11 is 0. The van der Waals surface area contributed by atoms with Crippen molar-refractivity contribution in [2.75, 3.05) is 11.9 Å². The molecule has 6 rings (SSSR count). The van der Waals surface area contributed by atoms with Crippen LogP contribution in [0.3, 0.4) is 0 Å². The van der Waals surface area contributed by atoms with Gasteiger partial charge in [0.05, 0.1) is 11.8 Å². The zero-order valence-electron chi connectivity index (χ0n) is 16.2. The van der Waals surface area contributed by atoms with Crippen LogP contribution in [0, 0.1) is 23.7 Å². The lowest BCUT2D eigenvalue weighted by Crippen LogP contribution is -2.53. The van der Waals surface area contributed by atoms with E-state index in [-0.39, 0.29) is 41.4 Å². The quantitative estimate of drug-likeness (QED) is 0.866. The molecule has 4 atom stereocenters. The maximum Gasteiger partial charge on any atom is 0.250 e. The van der Waals surface area contributed by atoms with Gasteiger partial charge in [-0.2, -0.15) is 0 Å². The van der Waals surface area contributed by atoms with E-state index in [1.165, 1.54) is 0 Å². The standard InChI is InChI=1S/C25H24N2O2/c28-23(17-10-3-4-11-17)22-21(16-8-1-2-9-16)20-14-7-15-27(20)25(22)18-12-5-6-13-19(18)26-24(25)29/h1-6,8-13,16-17,20-22H,7,14-15H2,(H,26,29)/t20?,21-,22-,25+/m1/s1. The van der Waals surface area contributed by atoms with Crippen LogP contribution in [0.15, 0.2) is 72.9 Å². The first-order valence-corrected chi connectivity index (χ1v) is 10.6. The van der Waals surface area contributed by atoms with Crippen molar-refractivity contribution >= 4 is 17.4 Å². The van der Waals surface area contributed by atoms with E-state index in [0.29, 0.717) is 0 Å². The average molecular weight is 384 g/mol. The van der Waals surface area contributed by atoms with Gasteiger partial charge in [-0.25, -0.2) is 0 Å². The topological polar surface area (TPSA) is 49.4 Å². The third-order valence-corrected chi connectivity index (χ3v) is 7.57. The van der Waals surface area contributed by atoms with Crippen molar-refractivity contribution in [3.63, 3.8) is 0 Å². The van der Waals surface area contributed by atoms with E-state index in [1.54, 1.807) is 0 Å². The molecule has 3 heterocycles. The monoisotopic (exact) mass is 384 g/mol. The number of allylic oxidation sites excluding steroid dienone is 8. The Morgan fingerprint density at radius 1 is 1.03 bits per heavy atom. The third kappa shape index (κ3) is 2.13. The van der Waals surface area contributed by atoms with Crippen LogP contribution >= 0.6 is 0 Å². The first-order valence-electron chi connectivity index (χ1n) is 10.6. The van der Waals surface area contributed by atoms with Gasteiger partial charge in [-0.05, 0) is 31.4 Å². The molecule has 29 heavy (non-hydrogen) atoms. The van der Waals surface area contributed by atoms with Crippen LogP contribution < -0.4 is 5.32 Å². The Kier molecular flexibility index (Phi) is 3.63. The number of para-hydroxylation sites is 1. The number of fused-ring (bicyclic) bond motifs is 4. The first kappa shape index (κ1) is 17.2. The molecular weight excluding hydrogens is 360 g/mol. The number of hydrogen-bond acceptors (Lipinski definition) is 3. The summed E-state index contributed by atoms with van der Waals surface area (Å²) in [5.74, 6) is -0.151. The van der Waals surface area contributed by atoms with Crippen molar-refractivity contribution in [2.24, 2.45) is 23.7 Å². The molecule has 1 unspecified atom stereocenters. The minimum absolute atomic E-state index is 0.0247. The molecule has 4 heteroatoms. The minimum Gasteiger partial charge on any atom is -0.324 e. The zero-order chi connectivity index (χ0) is 19.6. The van der Waals surface area contributed by atoms with Gasteiger partial charge in [0.1, 0.15) is 11.3 Å². The number of carbonyl (C=O) groups excluding carboxylic acids is 2. The van der Waals surface area contributed by atoms with Crippen LogP contribution in [-0.2, 0) is 15.1 Å². The lowest BCUT2D eigenvalue weighted by atomic mass is 9.66. The molecule has 1 aromatic carbocycles. The molecule has 1 amide bonds. The molecule has 1 spiro atoms. The maximum absolute atomic E-state index is 14.0. The summed E-state index contributed by atoms with van der Waals surface area (Å²) in [5, 5.41) is 3.12. The molecule has 0 saturated carbocycles. The lowest BCUT2D eigenvalue weighted by Gasteiger charge is -2.37. The molecular formula is C25H24N2O2. The maximum atomic E-state index is 14.0. The molecule has 4 nitrogen and oxygen atoms in total. The summed E-state index contributed by atoms with van der Waals surface area (Å²) in [7, 11) is 0. The number of anilines is 1. The molecule has 2 aliphatic carbocycles. The molecule has 1 aromatic rings. The summed E-state index contributed by atoms with van der Waals surface area (Å²) in [5.41, 5.74) is 0.944. The smallest absolute Gasteiger partial charge is 0.250 e. The van der Waals surface area contributed by atoms with E-state index in [0.717, 1.165) is 30.6 Å². The van der Waals surface area contributed by atoms with Crippen LogP contribution in [0.5, 0.6) is 0 Å². The molecule has 0 bridgehead atoms. The summed E-state index contributed by atoms with van der Waals surface area (Å²) < 4.78 is 0. The van der Waals surface area contributed by atoms with Crippen molar-refractivity contribution < 1.29 is 9.59 Å². The molecule has 5 aliphatic rings. The van der Waals surface area contributed by atoms with Gasteiger partial charge in [0, 0.05) is 23.2 Å². The Labute approximate surface area is 170 Å². The van der Waals surface area contributed by atoms with E-state index in [4.69, 9.17) is 0 Å². The van der Waals surface area contributed by atoms with Crippen molar-refractivity contribution in [2.45, 2.75) is 24.4 Å². The summed E-state index contributed by atoms with van der Waals surface area (Å²) in [6.07, 6.45) is 18.5. The number of nitrogens with one attached hydrogen (secondary N) is 1. The van der Waals surface area contributed by atoms with Gasteiger partial charge in [-0.15, -0.1) is 0 Å². The second-order valence-electron chi connectivity index (χ2n) is 8.77. The fraction of sp³-hybridized carbons (Fsp3) is 0.360. The Hall–Kier alpha value is -2.72. The van der Waals surface area contributed by atoms with E-state index in [1.807, 2.05) is 48.6 Å². The fourth-order valence-corrected chi connectivity index (χ4v) is 6.58. The van der Waals surface area contributed by atoms with Gasteiger partial charge < -0.3 is 5.32 Å². The third-order valence-electron chi connectivity index (χ3n) is 7.57. The van der Waals surface area contributed by atoms with Crippen LogP contribution in [0.1, 0.15) is 18.4 Å². The Morgan fingerprint density at radius 3 is 2.55 bits per heavy atom. The normalized spacial score (nSPS) is 35.2. The van der Waals surface area contributed by atoms with Gasteiger partial charge in [0.25, 0.3) is 0 Å². The summed E-state index contributed by atoms with van der Waals surface area (Å²) in [4.78, 5) is 30.1. The van der Waals surface area contributed by atoms with Crippen molar-refractivity contribution in [1.29, 1.82) is 0 Å². The van der Waals surface area contributed by atoms with E-state index in [2.05, 4.69) is 34.5 Å². The number of amides is 1. The van der Waals surface area contributed by atoms with Crippen LogP contribution in [-0.4, -0.2) is 29.2 Å². The molecule has 2 saturated heterocycles. The van der Waals surface area contributed by atoms with E-state index in [9.17, 15) is 9.59 Å². The van der Waals surface area contributed by atoms with Crippen molar-refractivity contribution in [3.8, 4) is 0 Å². The fourth-order valence-electron chi connectivity index (χ4n) is 6.58. The number of rotatable bonds is 3. The number of hydrogen-bond donors (Lipinski definition) is 1. The zero-order valence-corrected chi connectivity index (χ0v) is 16.2. The van der Waals surface area contributed by atoms with Gasteiger partial charge in [0.15, 0.2) is 0 Å². The van der Waals surface area contributed by atoms with Gasteiger partial charge in [-0.1, -0.05) is 66.8 Å². The van der Waals surface area contributed by atoms with Crippen molar-refractivity contribution in [1.82, 2.24) is 4.90 Å². The highest BCUT2D eigenvalue weighted by Gasteiger charge is 2.69. The number of ketones is 1. The molecule has 146 valence electrons. The summed E-state index contributed by atoms with van der Waals surface area (Å²) in [6.45, 7) is 0.864. The predicted octanol–water partition coefficient (Wildman–Crippen LogP) is 3.60. The molecule has 2 fully saturated rings. The Bertz CT molecular complexity index is 995. The lowest BCUT2D eigenvalue weighted by molar-refractivity contribution is -0.138. The SMILES string of the molecule is O=C(C1C=CC=C1)[C@H]1[C@H](C2C=CC=C2)C2CCCN2[C@]12C(=O)Nc1ccccc12. The number of benzene rings is 1. The predicted molar refractivity (Wildman–Crippen MR) is 112 cm³/mol. The minimum atomic E-state index is -0.895. The Balaban J connectivity index is 1.58. The largest absolute Gasteiger partial charge is 0.324 e. The highest BCUT2D eigenvalue weighted by atomic mass is 16.2.